The van der Waals surface area contributed by atoms with Crippen LogP contribution in [0.15, 0.2) is 34.5 Å². The highest BCUT2D eigenvalue weighted by molar-refractivity contribution is 8.55. The van der Waals surface area contributed by atoms with E-state index < -0.39 is 85.8 Å². The summed E-state index contributed by atoms with van der Waals surface area (Å²) < 4.78 is 52.9. The van der Waals surface area contributed by atoms with Crippen LogP contribution in [0, 0.1) is 46.3 Å². The van der Waals surface area contributed by atoms with Crippen LogP contribution in [0.2, 0.25) is 0 Å². The minimum atomic E-state index is -4.59. The standard InChI is InChI=1S/C45H66N7O14PS/c1-23(27-10-11-28-26-9-8-24-16-25(54)12-14-44(24,2)29(26)17-32(56)45(27,28)3)6-5-7-35(58)62-22-68-67(60,65-37-31(19-53)63-41(38(37)61-4)51-15-13-33(57)50-43(51)59)66-42-30(55)18-34(64-42)52-21-49-36-39(46)47-20-48-40(36)52/h13,15,20-21,23-32,34,37-38,41-42,53-56H,5-12,14,16-19,22H2,1-4H3,(H2,46,47,48)(H,50,57,59)/t23?,24?,25?,26?,27?,28?,29?,30-,31-,32?,34-,37?,38+,41-,42-,44?,45?,67?/m1/s1. The molecule has 3 aromatic rings. The number of ether oxygens (including phenoxy) is 4. The van der Waals surface area contributed by atoms with Crippen molar-refractivity contribution in [1.82, 2.24) is 29.1 Å². The summed E-state index contributed by atoms with van der Waals surface area (Å²) in [6.45, 7) is 1.70. The van der Waals surface area contributed by atoms with Gasteiger partial charge in [0.15, 0.2) is 24.0 Å². The van der Waals surface area contributed by atoms with E-state index in [1.54, 1.807) is 0 Å². The van der Waals surface area contributed by atoms with Gasteiger partial charge < -0.3 is 45.1 Å². The Morgan fingerprint density at radius 3 is 2.60 bits per heavy atom. The number of aromatic nitrogens is 6. The van der Waals surface area contributed by atoms with Gasteiger partial charge in [-0.1, -0.05) is 20.8 Å². The Morgan fingerprint density at radius 1 is 1.03 bits per heavy atom. The highest BCUT2D eigenvalue weighted by atomic mass is 32.7. The molecule has 0 aromatic carbocycles. The zero-order valence-corrected chi connectivity index (χ0v) is 40.6. The topological polar surface area (TPSA) is 295 Å². The molecule has 12 unspecified atom stereocenters. The maximum absolute atomic E-state index is 14.9. The summed E-state index contributed by atoms with van der Waals surface area (Å²) in [5.74, 6) is 1.66. The number of esters is 1. The molecule has 5 heterocycles. The van der Waals surface area contributed by atoms with Crippen molar-refractivity contribution in [2.45, 2.75) is 153 Å². The maximum Gasteiger partial charge on any atom is 0.395 e. The molecule has 3 aromatic heterocycles. The fourth-order valence-corrected chi connectivity index (χ4v) is 16.5. The van der Waals surface area contributed by atoms with Gasteiger partial charge >= 0.3 is 18.5 Å². The van der Waals surface area contributed by atoms with E-state index in [0.717, 1.165) is 68.4 Å². The van der Waals surface area contributed by atoms with Crippen LogP contribution in [0.25, 0.3) is 11.2 Å². The molecule has 68 heavy (non-hydrogen) atoms. The molecule has 23 heteroatoms. The molecule has 0 spiro atoms. The smallest absolute Gasteiger partial charge is 0.395 e. The molecular formula is C45H66N7O14PS. The van der Waals surface area contributed by atoms with Gasteiger partial charge in [0.25, 0.3) is 5.56 Å². The number of anilines is 1. The number of rotatable bonds is 16. The molecule has 9 rings (SSSR count). The lowest BCUT2D eigenvalue weighted by Crippen LogP contribution is -2.58. The number of aliphatic hydroxyl groups excluding tert-OH is 4. The number of nitrogen functional groups attached to an aromatic ring is 1. The van der Waals surface area contributed by atoms with E-state index in [-0.39, 0.29) is 41.5 Å². The Morgan fingerprint density at radius 2 is 1.84 bits per heavy atom. The van der Waals surface area contributed by atoms with Gasteiger partial charge in [-0.15, -0.1) is 0 Å². The summed E-state index contributed by atoms with van der Waals surface area (Å²) in [5, 5.41) is 44.1. The van der Waals surface area contributed by atoms with E-state index in [0.29, 0.717) is 58.6 Å². The predicted molar refractivity (Wildman–Crippen MR) is 245 cm³/mol. The van der Waals surface area contributed by atoms with Crippen molar-refractivity contribution in [3.05, 3.63) is 45.8 Å². The lowest BCUT2D eigenvalue weighted by molar-refractivity contribution is -0.175. The van der Waals surface area contributed by atoms with Gasteiger partial charge in [0, 0.05) is 43.6 Å². The summed E-state index contributed by atoms with van der Waals surface area (Å²) in [7, 11) is 1.29. The third kappa shape index (κ3) is 9.14. The normalized spacial score (nSPS) is 39.2. The summed E-state index contributed by atoms with van der Waals surface area (Å²) >= 11 is 0.518. The van der Waals surface area contributed by atoms with Gasteiger partial charge in [-0.2, -0.15) is 0 Å². The number of methoxy groups -OCH3 is 1. The van der Waals surface area contributed by atoms with Crippen LogP contribution in [0.4, 0.5) is 5.82 Å². The largest absolute Gasteiger partial charge is 0.454 e. The summed E-state index contributed by atoms with van der Waals surface area (Å²) in [5.41, 5.74) is 5.08. The average molecular weight is 992 g/mol. The van der Waals surface area contributed by atoms with E-state index >= 15 is 0 Å². The zero-order chi connectivity index (χ0) is 48.3. The number of H-pyrrole nitrogens is 1. The summed E-state index contributed by atoms with van der Waals surface area (Å²) in [6.07, 6.45) is 3.72. The van der Waals surface area contributed by atoms with Crippen molar-refractivity contribution in [3.63, 3.8) is 0 Å². The highest BCUT2D eigenvalue weighted by Gasteiger charge is 2.64. The molecule has 2 saturated heterocycles. The Hall–Kier alpha value is -3.28. The van der Waals surface area contributed by atoms with Crippen molar-refractivity contribution < 1.29 is 57.8 Å². The monoisotopic (exact) mass is 991 g/mol. The number of imidazole rings is 1. The first kappa shape index (κ1) is 49.7. The van der Waals surface area contributed by atoms with E-state index in [9.17, 15) is 39.4 Å². The number of carbonyl (C=O) groups is 1. The Bertz CT molecular complexity index is 2460. The third-order valence-electron chi connectivity index (χ3n) is 17.1. The lowest BCUT2D eigenvalue weighted by Gasteiger charge is -2.62. The van der Waals surface area contributed by atoms with Crippen LogP contribution in [0.5, 0.6) is 0 Å². The molecule has 0 radical (unpaired) electrons. The number of fused-ring (bicyclic) bond motifs is 6. The van der Waals surface area contributed by atoms with Gasteiger partial charge in [-0.05, 0) is 111 Å². The number of hydrogen-bond donors (Lipinski definition) is 6. The third-order valence-corrected chi connectivity index (χ3v) is 20.4. The minimum absolute atomic E-state index is 0.0475. The van der Waals surface area contributed by atoms with Gasteiger partial charge in [0.1, 0.15) is 48.4 Å². The summed E-state index contributed by atoms with van der Waals surface area (Å²) in [6, 6.07) is 1.10. The van der Waals surface area contributed by atoms with E-state index in [1.807, 2.05) is 0 Å². The molecule has 4 saturated carbocycles. The second-order valence-corrected chi connectivity index (χ2v) is 24.4. The number of nitrogens with one attached hydrogen (secondary N) is 1. The molecule has 6 aliphatic rings. The van der Waals surface area contributed by atoms with Crippen LogP contribution in [-0.2, 0) is 37.4 Å². The fourth-order valence-electron chi connectivity index (χ4n) is 13.6. The van der Waals surface area contributed by atoms with Crippen molar-refractivity contribution in [2.24, 2.45) is 46.3 Å². The molecule has 2 aliphatic heterocycles. The van der Waals surface area contributed by atoms with Crippen molar-refractivity contribution >= 4 is 41.1 Å². The molecule has 6 fully saturated rings. The van der Waals surface area contributed by atoms with Crippen molar-refractivity contribution in [2.75, 3.05) is 25.4 Å². The van der Waals surface area contributed by atoms with Gasteiger partial charge in [0.05, 0.1) is 25.1 Å². The number of aromatic amines is 1. The highest BCUT2D eigenvalue weighted by Crippen LogP contribution is 2.69. The van der Waals surface area contributed by atoms with Crippen LogP contribution < -0.4 is 17.0 Å². The molecule has 376 valence electrons. The number of aliphatic hydroxyl groups is 4. The fraction of sp³-hybridized carbons (Fsp3) is 0.778. The van der Waals surface area contributed by atoms with Gasteiger partial charge in [-0.3, -0.25) is 32.8 Å². The zero-order valence-electron chi connectivity index (χ0n) is 38.9. The number of hydrogen-bond acceptors (Lipinski definition) is 19. The second-order valence-electron chi connectivity index (χ2n) is 20.5. The predicted octanol–water partition coefficient (Wildman–Crippen LogP) is 4.01. The quantitative estimate of drug-likeness (QED) is 0.0671. The van der Waals surface area contributed by atoms with Crippen LogP contribution in [0.3, 0.4) is 0 Å². The number of carbonyl (C=O) groups excluding carboxylic acids is 1. The molecule has 4 aliphatic carbocycles. The molecule has 0 amide bonds. The first-order chi connectivity index (χ1) is 32.5. The maximum atomic E-state index is 14.9. The van der Waals surface area contributed by atoms with Crippen LogP contribution in [-0.4, -0.2) is 118 Å². The lowest BCUT2D eigenvalue weighted by atomic mass is 9.43. The van der Waals surface area contributed by atoms with E-state index in [2.05, 4.69) is 40.7 Å². The van der Waals surface area contributed by atoms with Crippen LogP contribution in [0.1, 0.15) is 110 Å². The number of nitrogens with zero attached hydrogens (tertiary/aromatic N) is 5. The van der Waals surface area contributed by atoms with Crippen molar-refractivity contribution in [1.29, 1.82) is 0 Å². The molecule has 18 atom stereocenters. The molecule has 0 bridgehead atoms. The van der Waals surface area contributed by atoms with Crippen molar-refractivity contribution in [3.8, 4) is 0 Å². The molecule has 7 N–H and O–H groups in total. The number of nitrogens with two attached hydrogens (primary N) is 1. The van der Waals surface area contributed by atoms with Gasteiger partial charge in [0.2, 0.25) is 0 Å². The second kappa shape index (κ2) is 19.7. The first-order valence-electron chi connectivity index (χ1n) is 24.0. The minimum Gasteiger partial charge on any atom is -0.454 e. The summed E-state index contributed by atoms with van der Waals surface area (Å²) in [4.78, 5) is 52.5. The van der Waals surface area contributed by atoms with Crippen LogP contribution >= 0.6 is 18.2 Å². The molecule has 21 nitrogen and oxygen atoms in total. The Labute approximate surface area is 397 Å². The first-order valence-corrected chi connectivity index (χ1v) is 27.1. The van der Waals surface area contributed by atoms with E-state index in [1.165, 1.54) is 30.5 Å². The Balaban J connectivity index is 0.844. The SMILES string of the molecule is CO[C@H]1C(OP(=O)(O[C@H]2O[C@@H](n3cnc4c(N)ncnc43)C[C@H]2O)SCOC(=O)CCCC(C)C2CCC3C4CCC5CC(O)CCC5(C)C4CC(O)C23C)[C@@H](CO)O[C@H]1n1ccc(=O)[nH]c1=O. The van der Waals surface area contributed by atoms with E-state index in [4.69, 9.17) is 33.7 Å². The Kier molecular flexibility index (Phi) is 14.4. The van der Waals surface area contributed by atoms with Gasteiger partial charge in [-0.25, -0.2) is 24.3 Å². The molecular weight excluding hydrogens is 926 g/mol. The average Bonchev–Trinajstić information content (AvgIpc) is 4.08.